The molecule has 5 heteroatoms. The molecule has 3 rings (SSSR count). The van der Waals surface area contributed by atoms with Crippen molar-refractivity contribution in [2.45, 2.75) is 75.7 Å². The molecule has 0 aromatic heterocycles. The van der Waals surface area contributed by atoms with Crippen LogP contribution in [0.5, 0.6) is 0 Å². The zero-order chi connectivity index (χ0) is 12.5. The lowest BCUT2D eigenvalue weighted by Gasteiger charge is -2.29. The van der Waals surface area contributed by atoms with Gasteiger partial charge in [0.2, 0.25) is 5.91 Å². The monoisotopic (exact) mass is 288 g/mol. The van der Waals surface area contributed by atoms with Crippen molar-refractivity contribution in [3.05, 3.63) is 0 Å². The first-order valence-electron chi connectivity index (χ1n) is 7.43. The van der Waals surface area contributed by atoms with Gasteiger partial charge in [0, 0.05) is 12.5 Å². The van der Waals surface area contributed by atoms with Crippen LogP contribution in [0.1, 0.15) is 51.4 Å². The van der Waals surface area contributed by atoms with Gasteiger partial charge in [-0.1, -0.05) is 12.8 Å². The lowest BCUT2D eigenvalue weighted by atomic mass is 9.82. The molecule has 1 aliphatic carbocycles. The highest BCUT2D eigenvalue weighted by Gasteiger charge is 2.41. The maximum atomic E-state index is 12.1. The molecule has 2 heterocycles. The van der Waals surface area contributed by atoms with Gasteiger partial charge in [-0.15, -0.1) is 12.4 Å². The first-order chi connectivity index (χ1) is 8.72. The maximum absolute atomic E-state index is 12.1. The molecule has 2 aliphatic heterocycles. The van der Waals surface area contributed by atoms with Crippen LogP contribution in [0.3, 0.4) is 0 Å². The molecule has 1 saturated carbocycles. The predicted molar refractivity (Wildman–Crippen MR) is 76.2 cm³/mol. The fourth-order valence-electron chi connectivity index (χ4n) is 3.78. The minimum Gasteiger partial charge on any atom is -0.373 e. The average molecular weight is 289 g/mol. The second-order valence-corrected chi connectivity index (χ2v) is 6.20. The molecule has 5 unspecified atom stereocenters. The molecular weight excluding hydrogens is 264 g/mol. The van der Waals surface area contributed by atoms with Crippen LogP contribution >= 0.6 is 12.4 Å². The van der Waals surface area contributed by atoms with E-state index < -0.39 is 0 Å². The summed E-state index contributed by atoms with van der Waals surface area (Å²) in [6, 6.07) is 0.483. The van der Waals surface area contributed by atoms with Crippen molar-refractivity contribution in [2.75, 3.05) is 0 Å². The highest BCUT2D eigenvalue weighted by molar-refractivity contribution is 5.85. The van der Waals surface area contributed by atoms with Gasteiger partial charge in [0.05, 0.1) is 18.2 Å². The predicted octanol–water partition coefficient (Wildman–Crippen LogP) is 1.75. The minimum atomic E-state index is 0. The summed E-state index contributed by atoms with van der Waals surface area (Å²) in [4.78, 5) is 12.1. The number of nitrogens with two attached hydrogens (primary N) is 1. The van der Waals surface area contributed by atoms with Crippen molar-refractivity contribution in [3.8, 4) is 0 Å². The summed E-state index contributed by atoms with van der Waals surface area (Å²) in [7, 11) is 0. The van der Waals surface area contributed by atoms with Crippen molar-refractivity contribution in [2.24, 2.45) is 11.7 Å². The molecule has 0 spiro atoms. The molecule has 5 atom stereocenters. The highest BCUT2D eigenvalue weighted by atomic mass is 35.5. The maximum Gasteiger partial charge on any atom is 0.220 e. The van der Waals surface area contributed by atoms with Crippen LogP contribution in [0.4, 0.5) is 0 Å². The van der Waals surface area contributed by atoms with Crippen molar-refractivity contribution in [3.63, 3.8) is 0 Å². The summed E-state index contributed by atoms with van der Waals surface area (Å²) in [5.74, 6) is 0.566. The molecular formula is C14H25ClN2O2. The smallest absolute Gasteiger partial charge is 0.220 e. The summed E-state index contributed by atoms with van der Waals surface area (Å²) in [5.41, 5.74) is 6.09. The Labute approximate surface area is 121 Å². The largest absolute Gasteiger partial charge is 0.373 e. The Balaban J connectivity index is 0.00000133. The number of ether oxygens (including phenoxy) is 1. The Morgan fingerprint density at radius 2 is 2.00 bits per heavy atom. The summed E-state index contributed by atoms with van der Waals surface area (Å²) < 4.78 is 5.76. The molecule has 19 heavy (non-hydrogen) atoms. The topological polar surface area (TPSA) is 64.4 Å². The zero-order valence-corrected chi connectivity index (χ0v) is 12.2. The molecule has 3 aliphatic rings. The summed E-state index contributed by atoms with van der Waals surface area (Å²) >= 11 is 0. The highest BCUT2D eigenvalue weighted by Crippen LogP contribution is 2.34. The Morgan fingerprint density at radius 3 is 2.63 bits per heavy atom. The Kier molecular flexibility index (Phi) is 5.09. The molecule has 110 valence electrons. The van der Waals surface area contributed by atoms with E-state index in [4.69, 9.17) is 10.5 Å². The molecule has 4 nitrogen and oxygen atoms in total. The number of hydrogen-bond acceptors (Lipinski definition) is 3. The molecule has 2 saturated heterocycles. The van der Waals surface area contributed by atoms with Crippen molar-refractivity contribution < 1.29 is 9.53 Å². The van der Waals surface area contributed by atoms with Gasteiger partial charge in [-0.25, -0.2) is 0 Å². The van der Waals surface area contributed by atoms with Gasteiger partial charge < -0.3 is 15.8 Å². The third kappa shape index (κ3) is 3.41. The average Bonchev–Trinajstić information content (AvgIpc) is 2.94. The molecule has 0 aromatic carbocycles. The molecule has 3 N–H and O–H groups in total. The summed E-state index contributed by atoms with van der Waals surface area (Å²) in [6.07, 6.45) is 9.21. The summed E-state index contributed by atoms with van der Waals surface area (Å²) in [5, 5.41) is 3.16. The second kappa shape index (κ2) is 6.42. The quantitative estimate of drug-likeness (QED) is 0.832. The number of rotatable bonds is 3. The van der Waals surface area contributed by atoms with Crippen LogP contribution in [0.15, 0.2) is 0 Å². The number of carbonyl (C=O) groups excluding carboxylic acids is 1. The van der Waals surface area contributed by atoms with Crippen molar-refractivity contribution in [1.29, 1.82) is 0 Å². The van der Waals surface area contributed by atoms with E-state index in [9.17, 15) is 4.79 Å². The van der Waals surface area contributed by atoms with Crippen LogP contribution in [0, 0.1) is 5.92 Å². The van der Waals surface area contributed by atoms with E-state index in [0.29, 0.717) is 18.4 Å². The first-order valence-corrected chi connectivity index (χ1v) is 7.43. The van der Waals surface area contributed by atoms with Gasteiger partial charge in [-0.05, 0) is 38.0 Å². The van der Waals surface area contributed by atoms with Gasteiger partial charge in [0.25, 0.3) is 0 Å². The third-order valence-electron chi connectivity index (χ3n) is 4.87. The number of amides is 1. The lowest BCUT2D eigenvalue weighted by molar-refractivity contribution is -0.123. The number of nitrogens with one attached hydrogen (secondary N) is 1. The SMILES string of the molecule is Cl.NC1CCCCC1CC(=O)NC1CC2CCC1O2. The van der Waals surface area contributed by atoms with E-state index in [1.54, 1.807) is 0 Å². The fourth-order valence-corrected chi connectivity index (χ4v) is 3.78. The van der Waals surface area contributed by atoms with E-state index in [1.807, 2.05) is 0 Å². The molecule has 2 bridgehead atoms. The number of halogens is 1. The zero-order valence-electron chi connectivity index (χ0n) is 11.3. The number of carbonyl (C=O) groups is 1. The van der Waals surface area contributed by atoms with E-state index in [1.165, 1.54) is 19.3 Å². The second-order valence-electron chi connectivity index (χ2n) is 6.20. The Morgan fingerprint density at radius 1 is 1.21 bits per heavy atom. The van der Waals surface area contributed by atoms with Gasteiger partial charge in [0.15, 0.2) is 0 Å². The van der Waals surface area contributed by atoms with Crippen molar-refractivity contribution >= 4 is 18.3 Å². The van der Waals surface area contributed by atoms with Crippen LogP contribution in [-0.2, 0) is 9.53 Å². The van der Waals surface area contributed by atoms with Gasteiger partial charge in [-0.2, -0.15) is 0 Å². The van der Waals surface area contributed by atoms with Crippen molar-refractivity contribution in [1.82, 2.24) is 5.32 Å². The van der Waals surface area contributed by atoms with Crippen LogP contribution in [0.2, 0.25) is 0 Å². The van der Waals surface area contributed by atoms with Crippen LogP contribution in [-0.4, -0.2) is 30.2 Å². The Hall–Kier alpha value is -0.320. The van der Waals surface area contributed by atoms with Gasteiger partial charge in [0.1, 0.15) is 0 Å². The normalized spacial score (nSPS) is 40.8. The van der Waals surface area contributed by atoms with Crippen LogP contribution in [0.25, 0.3) is 0 Å². The van der Waals surface area contributed by atoms with E-state index >= 15 is 0 Å². The minimum absolute atomic E-state index is 0. The lowest BCUT2D eigenvalue weighted by Crippen LogP contribution is -2.44. The van der Waals surface area contributed by atoms with Gasteiger partial charge >= 0.3 is 0 Å². The Bertz CT molecular complexity index is 321. The molecule has 3 fully saturated rings. The standard InChI is InChI=1S/C14H24N2O2.ClH/c15-11-4-2-1-3-9(11)7-14(17)16-12-8-10-5-6-13(12)18-10;/h9-13H,1-8,15H2,(H,16,17);1H. The van der Waals surface area contributed by atoms with Gasteiger partial charge in [-0.3, -0.25) is 4.79 Å². The molecule has 0 aromatic rings. The van der Waals surface area contributed by atoms with E-state index in [-0.39, 0.29) is 36.5 Å². The molecule has 0 radical (unpaired) electrons. The van der Waals surface area contributed by atoms with E-state index in [2.05, 4.69) is 5.32 Å². The van der Waals surface area contributed by atoms with Crippen LogP contribution < -0.4 is 11.1 Å². The number of fused-ring (bicyclic) bond motifs is 2. The molecule has 1 amide bonds. The number of hydrogen-bond donors (Lipinski definition) is 2. The summed E-state index contributed by atoms with van der Waals surface area (Å²) in [6.45, 7) is 0. The van der Waals surface area contributed by atoms with E-state index in [0.717, 1.165) is 25.7 Å². The fraction of sp³-hybridized carbons (Fsp3) is 0.929. The third-order valence-corrected chi connectivity index (χ3v) is 4.87. The first kappa shape index (κ1) is 15.1.